The van der Waals surface area contributed by atoms with Crippen molar-refractivity contribution >= 4 is 11.6 Å². The maximum atomic E-state index is 12.0. The Morgan fingerprint density at radius 2 is 2.12 bits per heavy atom. The highest BCUT2D eigenvalue weighted by atomic mass is 16.3. The summed E-state index contributed by atoms with van der Waals surface area (Å²) in [5, 5.41) is 12.4. The van der Waals surface area contributed by atoms with Crippen LogP contribution in [0.3, 0.4) is 0 Å². The van der Waals surface area contributed by atoms with Crippen molar-refractivity contribution in [1.29, 1.82) is 0 Å². The number of aliphatic hydroxyl groups excluding tert-OH is 1. The largest absolute Gasteiger partial charge is 0.391 e. The molecule has 2 N–H and O–H groups in total. The first-order valence-corrected chi connectivity index (χ1v) is 5.46. The first-order valence-electron chi connectivity index (χ1n) is 5.46. The minimum absolute atomic E-state index is 0.000738. The van der Waals surface area contributed by atoms with Crippen molar-refractivity contribution in [3.63, 3.8) is 0 Å². The van der Waals surface area contributed by atoms with E-state index in [9.17, 15) is 9.90 Å². The lowest BCUT2D eigenvalue weighted by molar-refractivity contribution is 0.0765. The Labute approximate surface area is 94.9 Å². The molecule has 1 fully saturated rings. The standard InChI is InChI=1S/C12H16N2O2/c1-13-10-4-2-9(3-5-10)12(16)14-7-6-11(15)8-14/h2-5,11,13,15H,6-8H2,1H3. The molecule has 0 bridgehead atoms. The predicted octanol–water partition coefficient (Wildman–Crippen LogP) is 0.935. The monoisotopic (exact) mass is 220 g/mol. The van der Waals surface area contributed by atoms with Crippen LogP contribution in [-0.4, -0.2) is 42.2 Å². The number of nitrogens with zero attached hydrogens (tertiary/aromatic N) is 1. The van der Waals surface area contributed by atoms with Crippen LogP contribution in [-0.2, 0) is 0 Å². The van der Waals surface area contributed by atoms with Gasteiger partial charge in [0.2, 0.25) is 0 Å². The molecule has 0 saturated carbocycles. The van der Waals surface area contributed by atoms with Crippen LogP contribution in [0, 0.1) is 0 Å². The zero-order valence-electron chi connectivity index (χ0n) is 9.31. The number of anilines is 1. The van der Waals surface area contributed by atoms with Gasteiger partial charge in [-0.25, -0.2) is 0 Å². The first kappa shape index (κ1) is 11.0. The fourth-order valence-electron chi connectivity index (χ4n) is 1.89. The lowest BCUT2D eigenvalue weighted by Gasteiger charge is -2.15. The Bertz CT molecular complexity index is 375. The lowest BCUT2D eigenvalue weighted by Crippen LogP contribution is -2.29. The minimum Gasteiger partial charge on any atom is -0.391 e. The number of amides is 1. The topological polar surface area (TPSA) is 52.6 Å². The number of nitrogens with one attached hydrogen (secondary N) is 1. The average Bonchev–Trinajstić information content (AvgIpc) is 2.75. The van der Waals surface area contributed by atoms with Gasteiger partial charge >= 0.3 is 0 Å². The van der Waals surface area contributed by atoms with Crippen LogP contribution < -0.4 is 5.32 Å². The van der Waals surface area contributed by atoms with Gasteiger partial charge in [0.25, 0.3) is 5.91 Å². The van der Waals surface area contributed by atoms with E-state index < -0.39 is 0 Å². The summed E-state index contributed by atoms with van der Waals surface area (Å²) in [5.41, 5.74) is 1.66. The van der Waals surface area contributed by atoms with Crippen LogP contribution in [0.25, 0.3) is 0 Å². The quantitative estimate of drug-likeness (QED) is 0.779. The predicted molar refractivity (Wildman–Crippen MR) is 62.5 cm³/mol. The van der Waals surface area contributed by atoms with Gasteiger partial charge in [-0.1, -0.05) is 0 Å². The Morgan fingerprint density at radius 1 is 1.44 bits per heavy atom. The van der Waals surface area contributed by atoms with Gasteiger partial charge in [0.05, 0.1) is 6.10 Å². The lowest BCUT2D eigenvalue weighted by atomic mass is 10.2. The van der Waals surface area contributed by atoms with Crippen LogP contribution in [0.15, 0.2) is 24.3 Å². The number of rotatable bonds is 2. The fraction of sp³-hybridized carbons (Fsp3) is 0.417. The second-order valence-corrected chi connectivity index (χ2v) is 4.02. The molecular formula is C12H16N2O2. The zero-order chi connectivity index (χ0) is 11.5. The van der Waals surface area contributed by atoms with Crippen molar-refractivity contribution < 1.29 is 9.90 Å². The summed E-state index contributed by atoms with van der Waals surface area (Å²) >= 11 is 0. The average molecular weight is 220 g/mol. The van der Waals surface area contributed by atoms with E-state index in [-0.39, 0.29) is 12.0 Å². The summed E-state index contributed by atoms with van der Waals surface area (Å²) in [6.45, 7) is 1.10. The third-order valence-corrected chi connectivity index (χ3v) is 2.87. The Kier molecular flexibility index (Phi) is 3.10. The first-order chi connectivity index (χ1) is 7.70. The molecule has 1 amide bonds. The highest BCUT2D eigenvalue weighted by Crippen LogP contribution is 2.15. The van der Waals surface area contributed by atoms with Crippen molar-refractivity contribution in [2.24, 2.45) is 0 Å². The molecule has 86 valence electrons. The van der Waals surface area contributed by atoms with E-state index in [1.165, 1.54) is 0 Å². The molecule has 1 aromatic carbocycles. The van der Waals surface area contributed by atoms with Crippen molar-refractivity contribution in [2.45, 2.75) is 12.5 Å². The SMILES string of the molecule is CNc1ccc(C(=O)N2CCC(O)C2)cc1. The molecular weight excluding hydrogens is 204 g/mol. The van der Waals surface area contributed by atoms with Gasteiger partial charge < -0.3 is 15.3 Å². The molecule has 0 radical (unpaired) electrons. The van der Waals surface area contributed by atoms with Gasteiger partial charge in [-0.3, -0.25) is 4.79 Å². The molecule has 16 heavy (non-hydrogen) atoms. The van der Waals surface area contributed by atoms with E-state index in [2.05, 4.69) is 5.32 Å². The maximum absolute atomic E-state index is 12.0. The number of carbonyl (C=O) groups excluding carboxylic acids is 1. The number of hydrogen-bond donors (Lipinski definition) is 2. The van der Waals surface area contributed by atoms with Crippen LogP contribution >= 0.6 is 0 Å². The second kappa shape index (κ2) is 4.53. The van der Waals surface area contributed by atoms with Crippen molar-refractivity contribution in [3.8, 4) is 0 Å². The van der Waals surface area contributed by atoms with E-state index in [0.717, 1.165) is 5.69 Å². The van der Waals surface area contributed by atoms with Crippen molar-refractivity contribution in [2.75, 3.05) is 25.5 Å². The number of benzene rings is 1. The summed E-state index contributed by atoms with van der Waals surface area (Å²) in [6, 6.07) is 7.36. The molecule has 4 nitrogen and oxygen atoms in total. The molecule has 2 rings (SSSR count). The van der Waals surface area contributed by atoms with E-state index in [1.807, 2.05) is 19.2 Å². The molecule has 1 heterocycles. The zero-order valence-corrected chi connectivity index (χ0v) is 9.31. The summed E-state index contributed by atoms with van der Waals surface area (Å²) in [7, 11) is 1.84. The normalized spacial score (nSPS) is 19.9. The highest BCUT2D eigenvalue weighted by Gasteiger charge is 2.25. The van der Waals surface area contributed by atoms with Gasteiger partial charge in [0, 0.05) is 31.4 Å². The highest BCUT2D eigenvalue weighted by molar-refractivity contribution is 5.94. The Balaban J connectivity index is 2.08. The fourth-order valence-corrected chi connectivity index (χ4v) is 1.89. The van der Waals surface area contributed by atoms with E-state index in [0.29, 0.717) is 25.1 Å². The molecule has 1 unspecified atom stereocenters. The number of β-amino-alcohol motifs (C(OH)–C–C–N with tert-alkyl or cyclic N) is 1. The Hall–Kier alpha value is -1.55. The molecule has 0 aromatic heterocycles. The van der Waals surface area contributed by atoms with E-state index in [1.54, 1.807) is 17.0 Å². The summed E-state index contributed by atoms with van der Waals surface area (Å²) in [4.78, 5) is 13.7. The molecule has 1 saturated heterocycles. The third kappa shape index (κ3) is 2.17. The van der Waals surface area contributed by atoms with E-state index >= 15 is 0 Å². The van der Waals surface area contributed by atoms with Crippen LogP contribution in [0.4, 0.5) is 5.69 Å². The van der Waals surface area contributed by atoms with Crippen LogP contribution in [0.5, 0.6) is 0 Å². The number of aliphatic hydroxyl groups is 1. The van der Waals surface area contributed by atoms with Gasteiger partial charge in [-0.2, -0.15) is 0 Å². The van der Waals surface area contributed by atoms with Crippen molar-refractivity contribution in [1.82, 2.24) is 4.90 Å². The maximum Gasteiger partial charge on any atom is 0.253 e. The molecule has 1 atom stereocenters. The number of hydrogen-bond acceptors (Lipinski definition) is 3. The summed E-state index contributed by atoms with van der Waals surface area (Å²) in [5.74, 6) is -0.000738. The molecule has 1 aliphatic rings. The summed E-state index contributed by atoms with van der Waals surface area (Å²) < 4.78 is 0. The molecule has 0 spiro atoms. The third-order valence-electron chi connectivity index (χ3n) is 2.87. The smallest absolute Gasteiger partial charge is 0.253 e. The van der Waals surface area contributed by atoms with Gasteiger partial charge in [-0.15, -0.1) is 0 Å². The molecule has 0 aliphatic carbocycles. The molecule has 1 aromatic rings. The number of likely N-dealkylation sites (tertiary alicyclic amines) is 1. The Morgan fingerprint density at radius 3 is 2.62 bits per heavy atom. The van der Waals surface area contributed by atoms with Crippen molar-refractivity contribution in [3.05, 3.63) is 29.8 Å². The van der Waals surface area contributed by atoms with Gasteiger partial charge in [0.15, 0.2) is 0 Å². The molecule has 1 aliphatic heterocycles. The van der Waals surface area contributed by atoms with Gasteiger partial charge in [-0.05, 0) is 30.7 Å². The molecule has 4 heteroatoms. The van der Waals surface area contributed by atoms with Gasteiger partial charge in [0.1, 0.15) is 0 Å². The minimum atomic E-state index is -0.361. The number of carbonyl (C=O) groups is 1. The van der Waals surface area contributed by atoms with E-state index in [4.69, 9.17) is 0 Å². The van der Waals surface area contributed by atoms with Crippen LogP contribution in [0.1, 0.15) is 16.8 Å². The van der Waals surface area contributed by atoms with Crippen LogP contribution in [0.2, 0.25) is 0 Å². The second-order valence-electron chi connectivity index (χ2n) is 4.02. The summed E-state index contributed by atoms with van der Waals surface area (Å²) in [6.07, 6.45) is 0.320.